The van der Waals surface area contributed by atoms with E-state index in [4.69, 9.17) is 4.74 Å². The zero-order chi connectivity index (χ0) is 17.9. The van der Waals surface area contributed by atoms with Gasteiger partial charge in [0, 0.05) is 11.3 Å². The molecule has 3 nitrogen and oxygen atoms in total. The van der Waals surface area contributed by atoms with E-state index in [1.54, 1.807) is 6.92 Å². The number of aryl methyl sites for hydroxylation is 2. The summed E-state index contributed by atoms with van der Waals surface area (Å²) in [5, 5.41) is 0. The first kappa shape index (κ1) is 14.9. The SMILES string of the molecule is C[C@@]12O[C@@H]1C(=O)[C@]1(C)C(C2=O)C12c1ccccc1CCc1ccccc12. The molecule has 0 radical (unpaired) electrons. The average molecular weight is 344 g/mol. The molecule has 26 heavy (non-hydrogen) atoms. The van der Waals surface area contributed by atoms with Crippen LogP contribution < -0.4 is 0 Å². The zero-order valence-electron chi connectivity index (χ0n) is 14.9. The molecule has 3 aliphatic carbocycles. The number of benzene rings is 2. The van der Waals surface area contributed by atoms with Gasteiger partial charge in [0.1, 0.15) is 0 Å². The fourth-order valence-corrected chi connectivity index (χ4v) is 6.21. The molecule has 0 bridgehead atoms. The highest BCUT2D eigenvalue weighted by Crippen LogP contribution is 2.79. The molecule has 1 aliphatic heterocycles. The molecule has 1 unspecified atom stereocenters. The van der Waals surface area contributed by atoms with Crippen LogP contribution in [0.2, 0.25) is 0 Å². The maximum atomic E-state index is 13.4. The number of ether oxygens (including phenoxy) is 1. The largest absolute Gasteiger partial charge is 0.350 e. The third kappa shape index (κ3) is 1.30. The monoisotopic (exact) mass is 344 g/mol. The van der Waals surface area contributed by atoms with E-state index in [2.05, 4.69) is 36.4 Å². The van der Waals surface area contributed by atoms with Gasteiger partial charge in [0.25, 0.3) is 0 Å². The molecule has 4 atom stereocenters. The Morgan fingerprint density at radius 1 is 0.846 bits per heavy atom. The fourth-order valence-electron chi connectivity index (χ4n) is 6.21. The Kier molecular flexibility index (Phi) is 2.39. The van der Waals surface area contributed by atoms with E-state index >= 15 is 0 Å². The lowest BCUT2D eigenvalue weighted by atomic mass is 9.76. The minimum atomic E-state index is -0.902. The summed E-state index contributed by atoms with van der Waals surface area (Å²) in [6, 6.07) is 16.8. The zero-order valence-corrected chi connectivity index (χ0v) is 14.9. The maximum absolute atomic E-state index is 13.4. The molecule has 0 amide bonds. The van der Waals surface area contributed by atoms with Crippen LogP contribution in [0.5, 0.6) is 0 Å². The molecule has 1 heterocycles. The molecule has 4 aliphatic rings. The van der Waals surface area contributed by atoms with Crippen LogP contribution in [0.1, 0.15) is 36.1 Å². The van der Waals surface area contributed by atoms with Gasteiger partial charge in [-0.1, -0.05) is 55.5 Å². The first-order chi connectivity index (χ1) is 12.5. The van der Waals surface area contributed by atoms with Crippen molar-refractivity contribution >= 4 is 11.6 Å². The second-order valence-electron chi connectivity index (χ2n) is 8.59. The normalized spacial score (nSPS) is 37.9. The quantitative estimate of drug-likeness (QED) is 0.690. The lowest BCUT2D eigenvalue weighted by molar-refractivity contribution is -0.132. The minimum Gasteiger partial charge on any atom is -0.350 e. The summed E-state index contributed by atoms with van der Waals surface area (Å²) in [7, 11) is 0. The lowest BCUT2D eigenvalue weighted by Gasteiger charge is -2.25. The van der Waals surface area contributed by atoms with Gasteiger partial charge in [-0.15, -0.1) is 0 Å². The fraction of sp³-hybridized carbons (Fsp3) is 0.391. The molecule has 0 N–H and O–H groups in total. The molecule has 3 fully saturated rings. The number of ketones is 2. The van der Waals surface area contributed by atoms with Crippen molar-refractivity contribution in [1.82, 2.24) is 0 Å². The van der Waals surface area contributed by atoms with Crippen LogP contribution in [0.3, 0.4) is 0 Å². The lowest BCUT2D eigenvalue weighted by Crippen LogP contribution is -2.39. The number of carbonyl (C=O) groups is 2. The molecule has 2 aromatic carbocycles. The molecular weight excluding hydrogens is 324 g/mol. The van der Waals surface area contributed by atoms with Crippen LogP contribution in [0.4, 0.5) is 0 Å². The average Bonchev–Trinajstić information content (AvgIpc) is 3.52. The van der Waals surface area contributed by atoms with E-state index in [0.29, 0.717) is 0 Å². The van der Waals surface area contributed by atoms with Gasteiger partial charge in [0.15, 0.2) is 23.3 Å². The molecular formula is C23H20O3. The predicted molar refractivity (Wildman–Crippen MR) is 96.0 cm³/mol. The van der Waals surface area contributed by atoms with Crippen molar-refractivity contribution in [2.75, 3.05) is 0 Å². The summed E-state index contributed by atoms with van der Waals surface area (Å²) < 4.78 is 5.60. The Balaban J connectivity index is 1.71. The first-order valence-corrected chi connectivity index (χ1v) is 9.40. The molecule has 3 heteroatoms. The summed E-state index contributed by atoms with van der Waals surface area (Å²) in [4.78, 5) is 26.8. The first-order valence-electron chi connectivity index (χ1n) is 9.40. The Morgan fingerprint density at radius 3 is 1.96 bits per heavy atom. The van der Waals surface area contributed by atoms with Crippen molar-refractivity contribution < 1.29 is 14.3 Å². The van der Waals surface area contributed by atoms with Crippen molar-refractivity contribution in [3.63, 3.8) is 0 Å². The van der Waals surface area contributed by atoms with E-state index in [9.17, 15) is 9.59 Å². The minimum absolute atomic E-state index is 0.108. The molecule has 2 aromatic rings. The predicted octanol–water partition coefficient (Wildman–Crippen LogP) is 3.02. The van der Waals surface area contributed by atoms with Crippen molar-refractivity contribution in [3.05, 3.63) is 70.8 Å². The molecule has 0 aromatic heterocycles. The molecule has 130 valence electrons. The van der Waals surface area contributed by atoms with Gasteiger partial charge in [0.2, 0.25) is 0 Å². The summed E-state index contributed by atoms with van der Waals surface area (Å²) in [6.45, 7) is 3.79. The number of carbonyl (C=O) groups excluding carboxylic acids is 2. The molecule has 2 saturated carbocycles. The Labute approximate surface area is 152 Å². The Bertz CT molecular complexity index is 972. The third-order valence-electron chi connectivity index (χ3n) is 7.60. The standard InChI is InChI=1S/C23H20O3/c1-21-17(18(24)22(2)20(26-22)19(21)25)23(21)15-9-5-3-7-13(15)11-12-14-8-4-6-10-16(14)23/h3-10,17,20H,11-12H2,1-2H3/t17?,20-,21+,22+/m1/s1. The third-order valence-corrected chi connectivity index (χ3v) is 7.60. The summed E-state index contributed by atoms with van der Waals surface area (Å²) >= 11 is 0. The van der Waals surface area contributed by atoms with Gasteiger partial charge in [-0.25, -0.2) is 0 Å². The highest BCUT2D eigenvalue weighted by Gasteiger charge is 2.90. The van der Waals surface area contributed by atoms with Crippen LogP contribution in [0, 0.1) is 11.3 Å². The Hall–Kier alpha value is -2.26. The summed E-state index contributed by atoms with van der Waals surface area (Å²) in [5.41, 5.74) is 2.72. The van der Waals surface area contributed by atoms with Gasteiger partial charge >= 0.3 is 0 Å². The van der Waals surface area contributed by atoms with Crippen molar-refractivity contribution in [3.8, 4) is 0 Å². The number of hydrogen-bond acceptors (Lipinski definition) is 3. The highest BCUT2D eigenvalue weighted by atomic mass is 16.6. The molecule has 1 spiro atoms. The van der Waals surface area contributed by atoms with Crippen LogP contribution >= 0.6 is 0 Å². The van der Waals surface area contributed by atoms with Gasteiger partial charge in [-0.05, 0) is 42.0 Å². The van der Waals surface area contributed by atoms with E-state index in [0.717, 1.165) is 12.8 Å². The maximum Gasteiger partial charge on any atom is 0.172 e. The topological polar surface area (TPSA) is 46.7 Å². The van der Waals surface area contributed by atoms with E-state index in [1.807, 2.05) is 19.1 Å². The van der Waals surface area contributed by atoms with Crippen LogP contribution in [-0.2, 0) is 32.6 Å². The van der Waals surface area contributed by atoms with Crippen LogP contribution in [0.25, 0.3) is 0 Å². The second kappa shape index (κ2) is 4.17. The van der Waals surface area contributed by atoms with Crippen molar-refractivity contribution in [2.24, 2.45) is 11.3 Å². The number of rotatable bonds is 0. The van der Waals surface area contributed by atoms with E-state index in [1.165, 1.54) is 22.3 Å². The number of epoxide rings is 1. The second-order valence-corrected chi connectivity index (χ2v) is 8.59. The van der Waals surface area contributed by atoms with E-state index < -0.39 is 22.5 Å². The van der Waals surface area contributed by atoms with E-state index in [-0.39, 0.29) is 17.5 Å². The van der Waals surface area contributed by atoms with Gasteiger partial charge in [-0.3, -0.25) is 9.59 Å². The number of Topliss-reactive ketones (excluding diaryl/α,β-unsaturated/α-hetero) is 2. The number of fused-ring (bicyclic) bond motifs is 8. The smallest absolute Gasteiger partial charge is 0.172 e. The summed E-state index contributed by atoms with van der Waals surface area (Å²) in [6.07, 6.45) is 1.33. The summed E-state index contributed by atoms with van der Waals surface area (Å²) in [5.74, 6) is -0.112. The molecule has 6 rings (SSSR count). The van der Waals surface area contributed by atoms with Crippen molar-refractivity contribution in [1.29, 1.82) is 0 Å². The number of hydrogen-bond donors (Lipinski definition) is 0. The molecule has 1 saturated heterocycles. The van der Waals surface area contributed by atoms with Crippen LogP contribution in [-0.4, -0.2) is 23.3 Å². The highest BCUT2D eigenvalue weighted by molar-refractivity contribution is 6.17. The van der Waals surface area contributed by atoms with Crippen molar-refractivity contribution in [2.45, 2.75) is 43.8 Å². The Morgan fingerprint density at radius 2 is 1.38 bits per heavy atom. The van der Waals surface area contributed by atoms with Gasteiger partial charge in [0.05, 0.1) is 5.41 Å². The van der Waals surface area contributed by atoms with Gasteiger partial charge in [-0.2, -0.15) is 0 Å². The van der Waals surface area contributed by atoms with Crippen LogP contribution in [0.15, 0.2) is 48.5 Å². The van der Waals surface area contributed by atoms with Gasteiger partial charge < -0.3 is 4.74 Å².